The number of hydrogen-bond donors (Lipinski definition) is 2. The number of aromatic amines is 1. The maximum absolute atomic E-state index is 11.5. The first kappa shape index (κ1) is 16.2. The predicted molar refractivity (Wildman–Crippen MR) is 98.4 cm³/mol. The minimum absolute atomic E-state index is 0.0965. The summed E-state index contributed by atoms with van der Waals surface area (Å²) in [5.41, 5.74) is 3.22. The molecule has 1 aliphatic rings. The number of carbonyl (C=O) groups excluding carboxylic acids is 1. The van der Waals surface area contributed by atoms with E-state index in [1.807, 2.05) is 36.1 Å². The average molecular weight is 352 g/mol. The lowest BCUT2D eigenvalue weighted by atomic mass is 10.2. The Balaban J connectivity index is 1.62. The summed E-state index contributed by atoms with van der Waals surface area (Å²) >= 11 is 0. The van der Waals surface area contributed by atoms with Crippen molar-refractivity contribution in [2.45, 2.75) is 13.8 Å². The molecule has 26 heavy (non-hydrogen) atoms. The lowest BCUT2D eigenvalue weighted by Gasteiger charge is -2.34. The monoisotopic (exact) mass is 352 g/mol. The van der Waals surface area contributed by atoms with E-state index in [4.69, 9.17) is 0 Å². The van der Waals surface area contributed by atoms with E-state index in [1.165, 1.54) is 5.56 Å². The van der Waals surface area contributed by atoms with Crippen molar-refractivity contribution < 1.29 is 4.79 Å². The molecule has 2 aromatic heterocycles. The number of nitrogens with one attached hydrogen (secondary N) is 2. The van der Waals surface area contributed by atoms with Crippen molar-refractivity contribution in [3.63, 3.8) is 0 Å². The Kier molecular flexibility index (Phi) is 4.11. The molecule has 3 aromatic rings. The quantitative estimate of drug-likeness (QED) is 0.736. The second-order valence-electron chi connectivity index (χ2n) is 6.35. The van der Waals surface area contributed by atoms with Crippen LogP contribution in [0.5, 0.6) is 0 Å². The molecule has 0 spiro atoms. The molecule has 1 aliphatic heterocycles. The van der Waals surface area contributed by atoms with Crippen LogP contribution in [0.4, 0.5) is 17.5 Å². The van der Waals surface area contributed by atoms with Gasteiger partial charge in [0.2, 0.25) is 17.5 Å². The van der Waals surface area contributed by atoms with Crippen LogP contribution in [-0.2, 0) is 4.79 Å². The van der Waals surface area contributed by atoms with Crippen LogP contribution < -0.4 is 10.2 Å². The summed E-state index contributed by atoms with van der Waals surface area (Å²) < 4.78 is 0. The van der Waals surface area contributed by atoms with Crippen molar-refractivity contribution in [2.75, 3.05) is 36.4 Å². The third-order valence-electron chi connectivity index (χ3n) is 4.49. The first-order valence-corrected chi connectivity index (χ1v) is 8.53. The van der Waals surface area contributed by atoms with E-state index in [2.05, 4.69) is 35.6 Å². The first-order valence-electron chi connectivity index (χ1n) is 8.53. The van der Waals surface area contributed by atoms with Gasteiger partial charge in [0, 0.05) is 38.8 Å². The Morgan fingerprint density at radius 2 is 1.81 bits per heavy atom. The van der Waals surface area contributed by atoms with Crippen molar-refractivity contribution in [1.82, 2.24) is 30.3 Å². The van der Waals surface area contributed by atoms with E-state index < -0.39 is 0 Å². The highest BCUT2D eigenvalue weighted by Gasteiger charge is 2.22. The Bertz CT molecular complexity index is 928. The fraction of sp³-hybridized carbons (Fsp3) is 0.353. The molecule has 4 rings (SSSR count). The Morgan fingerprint density at radius 3 is 2.50 bits per heavy atom. The lowest BCUT2D eigenvalue weighted by molar-refractivity contribution is -0.129. The molecule has 0 unspecified atom stereocenters. The molecule has 134 valence electrons. The van der Waals surface area contributed by atoms with Gasteiger partial charge in [-0.25, -0.2) is 0 Å². The summed E-state index contributed by atoms with van der Waals surface area (Å²) in [5, 5.41) is 14.2. The summed E-state index contributed by atoms with van der Waals surface area (Å²) in [6, 6.07) is 8.06. The number of aryl methyl sites for hydroxylation is 1. The zero-order chi connectivity index (χ0) is 18.1. The molecule has 1 aromatic carbocycles. The van der Waals surface area contributed by atoms with Gasteiger partial charge in [-0.05, 0) is 19.1 Å². The smallest absolute Gasteiger partial charge is 0.229 e. The molecule has 0 atom stereocenters. The molecule has 0 bridgehead atoms. The number of amides is 1. The largest absolute Gasteiger partial charge is 0.339 e. The van der Waals surface area contributed by atoms with Crippen molar-refractivity contribution in [1.29, 1.82) is 0 Å². The number of anilines is 3. The molecule has 2 N–H and O–H groups in total. The molecule has 9 heteroatoms. The Hall–Kier alpha value is -3.23. The highest BCUT2D eigenvalue weighted by atomic mass is 16.2. The number of aromatic nitrogens is 5. The summed E-state index contributed by atoms with van der Waals surface area (Å²) in [6.07, 6.45) is 0. The number of rotatable bonds is 3. The van der Waals surface area contributed by atoms with E-state index in [0.29, 0.717) is 49.1 Å². The fourth-order valence-corrected chi connectivity index (χ4v) is 2.96. The number of carbonyl (C=O) groups is 1. The third kappa shape index (κ3) is 3.15. The second-order valence-corrected chi connectivity index (χ2v) is 6.35. The van der Waals surface area contributed by atoms with Crippen LogP contribution in [0.2, 0.25) is 0 Å². The van der Waals surface area contributed by atoms with E-state index in [0.717, 1.165) is 5.69 Å². The van der Waals surface area contributed by atoms with Crippen LogP contribution in [0.1, 0.15) is 12.5 Å². The van der Waals surface area contributed by atoms with Crippen LogP contribution in [0.15, 0.2) is 24.3 Å². The third-order valence-corrected chi connectivity index (χ3v) is 4.49. The molecule has 1 saturated heterocycles. The SMILES string of the molecule is CC(=O)N1CCN(c2nc(Nc3ccc(C)cc3)c3n[nH]nc3n2)CC1. The van der Waals surface area contributed by atoms with Gasteiger partial charge < -0.3 is 15.1 Å². The van der Waals surface area contributed by atoms with Gasteiger partial charge >= 0.3 is 0 Å². The Morgan fingerprint density at radius 1 is 1.08 bits per heavy atom. The van der Waals surface area contributed by atoms with Gasteiger partial charge in [0.15, 0.2) is 11.3 Å². The fourth-order valence-electron chi connectivity index (χ4n) is 2.96. The molecule has 3 heterocycles. The predicted octanol–water partition coefficient (Wildman–Crippen LogP) is 1.47. The van der Waals surface area contributed by atoms with Gasteiger partial charge in [-0.15, -0.1) is 5.10 Å². The molecule has 1 fully saturated rings. The number of hydrogen-bond acceptors (Lipinski definition) is 7. The van der Waals surface area contributed by atoms with Gasteiger partial charge in [-0.1, -0.05) is 17.7 Å². The zero-order valence-electron chi connectivity index (χ0n) is 14.7. The maximum Gasteiger partial charge on any atom is 0.229 e. The number of benzene rings is 1. The molecular weight excluding hydrogens is 332 g/mol. The van der Waals surface area contributed by atoms with Crippen molar-refractivity contribution in [2.24, 2.45) is 0 Å². The van der Waals surface area contributed by atoms with E-state index in [1.54, 1.807) is 6.92 Å². The number of nitrogens with zero attached hydrogens (tertiary/aromatic N) is 6. The molecule has 1 amide bonds. The van der Waals surface area contributed by atoms with Crippen LogP contribution in [-0.4, -0.2) is 62.4 Å². The molecule has 0 saturated carbocycles. The first-order chi connectivity index (χ1) is 12.6. The number of fused-ring (bicyclic) bond motifs is 1. The standard InChI is InChI=1S/C17H20N8O/c1-11-3-5-13(6-4-11)18-15-14-16(22-23-21-14)20-17(19-15)25-9-7-24(8-10-25)12(2)26/h3-6H,7-10H2,1-2H3,(H2,18,19,20,21,22,23). The molecule has 9 nitrogen and oxygen atoms in total. The lowest BCUT2D eigenvalue weighted by Crippen LogP contribution is -2.48. The van der Waals surface area contributed by atoms with Gasteiger partial charge in [0.1, 0.15) is 0 Å². The summed E-state index contributed by atoms with van der Waals surface area (Å²) in [4.78, 5) is 24.6. The van der Waals surface area contributed by atoms with Gasteiger partial charge in [0.05, 0.1) is 0 Å². The molecule has 0 radical (unpaired) electrons. The maximum atomic E-state index is 11.5. The molecular formula is C17H20N8O. The molecule has 0 aliphatic carbocycles. The van der Waals surface area contributed by atoms with Crippen LogP contribution >= 0.6 is 0 Å². The highest BCUT2D eigenvalue weighted by Crippen LogP contribution is 2.24. The average Bonchev–Trinajstić information content (AvgIpc) is 3.12. The topological polar surface area (TPSA) is 103 Å². The van der Waals surface area contributed by atoms with Crippen molar-refractivity contribution >= 4 is 34.5 Å². The summed E-state index contributed by atoms with van der Waals surface area (Å²) in [6.45, 7) is 6.34. The summed E-state index contributed by atoms with van der Waals surface area (Å²) in [5.74, 6) is 1.29. The van der Waals surface area contributed by atoms with Crippen molar-refractivity contribution in [3.05, 3.63) is 29.8 Å². The van der Waals surface area contributed by atoms with Gasteiger partial charge in [-0.3, -0.25) is 4.79 Å². The van der Waals surface area contributed by atoms with Crippen molar-refractivity contribution in [3.8, 4) is 0 Å². The minimum Gasteiger partial charge on any atom is -0.339 e. The second kappa shape index (κ2) is 6.58. The number of H-pyrrole nitrogens is 1. The van der Waals surface area contributed by atoms with E-state index in [9.17, 15) is 4.79 Å². The number of piperazine rings is 1. The van der Waals surface area contributed by atoms with Crippen LogP contribution in [0, 0.1) is 6.92 Å². The van der Waals surface area contributed by atoms with E-state index >= 15 is 0 Å². The summed E-state index contributed by atoms with van der Waals surface area (Å²) in [7, 11) is 0. The van der Waals surface area contributed by atoms with Crippen LogP contribution in [0.3, 0.4) is 0 Å². The zero-order valence-corrected chi connectivity index (χ0v) is 14.7. The van der Waals surface area contributed by atoms with E-state index in [-0.39, 0.29) is 5.91 Å². The highest BCUT2D eigenvalue weighted by molar-refractivity contribution is 5.85. The van der Waals surface area contributed by atoms with Gasteiger partial charge in [0.25, 0.3) is 0 Å². The Labute approximate surface area is 150 Å². The van der Waals surface area contributed by atoms with Gasteiger partial charge in [-0.2, -0.15) is 20.3 Å². The minimum atomic E-state index is 0.0965. The van der Waals surface area contributed by atoms with Crippen LogP contribution in [0.25, 0.3) is 11.2 Å². The normalized spacial score (nSPS) is 14.7.